The van der Waals surface area contributed by atoms with E-state index >= 15 is 0 Å². The van der Waals surface area contributed by atoms with Crippen molar-refractivity contribution in [3.8, 4) is 0 Å². The summed E-state index contributed by atoms with van der Waals surface area (Å²) in [6, 6.07) is 18.9. The summed E-state index contributed by atoms with van der Waals surface area (Å²) in [6.07, 6.45) is 0.850. The molecule has 3 aromatic carbocycles. The maximum Gasteiger partial charge on any atom is 0.324 e. The number of amides is 3. The van der Waals surface area contributed by atoms with Crippen molar-refractivity contribution in [3.63, 3.8) is 0 Å². The average molecular weight is 462 g/mol. The van der Waals surface area contributed by atoms with Crippen molar-refractivity contribution in [3.05, 3.63) is 93.5 Å². The minimum atomic E-state index is -0.302. The zero-order valence-electron chi connectivity index (χ0n) is 19.2. The molecule has 0 aromatic heterocycles. The van der Waals surface area contributed by atoms with Crippen molar-refractivity contribution < 1.29 is 9.59 Å². The molecule has 4 rings (SSSR count). The molecule has 3 aromatic rings. The van der Waals surface area contributed by atoms with Crippen LogP contribution in [0.4, 0.5) is 16.2 Å². The van der Waals surface area contributed by atoms with E-state index in [1.807, 2.05) is 30.0 Å². The van der Waals surface area contributed by atoms with Crippen molar-refractivity contribution in [1.82, 2.24) is 4.90 Å². The molecule has 0 spiro atoms. The number of urea groups is 1. The number of halogens is 1. The van der Waals surface area contributed by atoms with Crippen LogP contribution in [0.3, 0.4) is 0 Å². The van der Waals surface area contributed by atoms with E-state index < -0.39 is 0 Å². The molecule has 1 fully saturated rings. The Morgan fingerprint density at radius 3 is 2.52 bits per heavy atom. The van der Waals surface area contributed by atoms with Gasteiger partial charge in [-0.15, -0.1) is 0 Å². The minimum absolute atomic E-state index is 0.0587. The van der Waals surface area contributed by atoms with Crippen molar-refractivity contribution >= 4 is 34.9 Å². The number of hydrogen-bond acceptors (Lipinski definition) is 2. The second-order valence-corrected chi connectivity index (χ2v) is 8.99. The number of nitrogens with zero attached hydrogens (tertiary/aromatic N) is 2. The summed E-state index contributed by atoms with van der Waals surface area (Å²) in [5.41, 5.74) is 6.25. The predicted molar refractivity (Wildman–Crippen MR) is 134 cm³/mol. The quantitative estimate of drug-likeness (QED) is 0.481. The second-order valence-electron chi connectivity index (χ2n) is 8.58. The van der Waals surface area contributed by atoms with Gasteiger partial charge in [0.1, 0.15) is 0 Å². The highest BCUT2D eigenvalue weighted by atomic mass is 35.5. The lowest BCUT2D eigenvalue weighted by atomic mass is 10.1. The Labute approximate surface area is 200 Å². The molecular formula is C27H28ClN3O2. The van der Waals surface area contributed by atoms with Crippen LogP contribution in [0.1, 0.15) is 39.0 Å². The van der Waals surface area contributed by atoms with Crippen molar-refractivity contribution in [2.45, 2.75) is 33.7 Å². The van der Waals surface area contributed by atoms with Gasteiger partial charge >= 0.3 is 6.03 Å². The molecule has 0 saturated carbocycles. The first-order chi connectivity index (χ1) is 15.8. The van der Waals surface area contributed by atoms with Gasteiger partial charge in [0, 0.05) is 19.6 Å². The fourth-order valence-corrected chi connectivity index (χ4v) is 4.32. The molecule has 0 radical (unpaired) electrons. The molecule has 1 aliphatic rings. The number of benzene rings is 3. The van der Waals surface area contributed by atoms with Gasteiger partial charge in [-0.3, -0.25) is 9.69 Å². The number of carbonyl (C=O) groups is 2. The van der Waals surface area contributed by atoms with Crippen LogP contribution < -0.4 is 10.2 Å². The van der Waals surface area contributed by atoms with Crippen LogP contribution in [0.5, 0.6) is 0 Å². The Bertz CT molecular complexity index is 1210. The largest absolute Gasteiger partial charge is 0.324 e. The molecule has 1 N–H and O–H groups in total. The van der Waals surface area contributed by atoms with Gasteiger partial charge in [-0.05, 0) is 73.7 Å². The molecule has 1 aliphatic heterocycles. The van der Waals surface area contributed by atoms with E-state index in [2.05, 4.69) is 37.4 Å². The molecule has 0 atom stereocenters. The van der Waals surface area contributed by atoms with Crippen LogP contribution in [0.15, 0.2) is 60.7 Å². The molecular weight excluding hydrogens is 434 g/mol. The third kappa shape index (κ3) is 5.04. The standard InChI is InChI=1S/C27H28ClN3O2/c1-18-9-12-25(24(15-18)29-26(32)22-7-4-5-8-23(22)28)31-14-6-13-30(27(31)33)17-21-11-10-19(2)20(3)16-21/h4-5,7-12,15-16H,6,13-14,17H2,1-3H3,(H,29,32). The van der Waals surface area contributed by atoms with E-state index in [0.29, 0.717) is 41.6 Å². The predicted octanol–water partition coefficient (Wildman–Crippen LogP) is 6.35. The molecule has 5 nitrogen and oxygen atoms in total. The monoisotopic (exact) mass is 461 g/mol. The maximum atomic E-state index is 13.4. The van der Waals surface area contributed by atoms with Crippen LogP contribution in [0, 0.1) is 20.8 Å². The zero-order valence-corrected chi connectivity index (χ0v) is 19.9. The van der Waals surface area contributed by atoms with Crippen LogP contribution in [-0.4, -0.2) is 29.9 Å². The maximum absolute atomic E-state index is 13.4. The second kappa shape index (κ2) is 9.67. The molecule has 0 aliphatic carbocycles. The Balaban J connectivity index is 1.59. The van der Waals surface area contributed by atoms with Gasteiger partial charge in [-0.1, -0.05) is 48.0 Å². The van der Waals surface area contributed by atoms with Crippen molar-refractivity contribution in [2.75, 3.05) is 23.3 Å². The molecule has 6 heteroatoms. The van der Waals surface area contributed by atoms with E-state index in [9.17, 15) is 9.59 Å². The van der Waals surface area contributed by atoms with E-state index in [1.165, 1.54) is 11.1 Å². The number of carbonyl (C=O) groups excluding carboxylic acids is 2. The number of aryl methyl sites for hydroxylation is 3. The highest BCUT2D eigenvalue weighted by Crippen LogP contribution is 2.31. The first-order valence-corrected chi connectivity index (χ1v) is 11.5. The topological polar surface area (TPSA) is 52.6 Å². The Kier molecular flexibility index (Phi) is 6.70. The normalized spacial score (nSPS) is 13.9. The van der Waals surface area contributed by atoms with Gasteiger partial charge < -0.3 is 10.2 Å². The molecule has 0 bridgehead atoms. The Hall–Kier alpha value is -3.31. The molecule has 3 amide bonds. The van der Waals surface area contributed by atoms with Gasteiger partial charge in [0.25, 0.3) is 5.91 Å². The summed E-state index contributed by atoms with van der Waals surface area (Å²) in [5, 5.41) is 3.36. The molecule has 33 heavy (non-hydrogen) atoms. The average Bonchev–Trinajstić information content (AvgIpc) is 2.78. The third-order valence-electron chi connectivity index (χ3n) is 6.07. The van der Waals surface area contributed by atoms with Crippen LogP contribution in [0.2, 0.25) is 5.02 Å². The summed E-state index contributed by atoms with van der Waals surface area (Å²) in [7, 11) is 0. The van der Waals surface area contributed by atoms with Crippen LogP contribution >= 0.6 is 11.6 Å². The summed E-state index contributed by atoms with van der Waals surface area (Å²) in [5.74, 6) is -0.302. The van der Waals surface area contributed by atoms with E-state index in [1.54, 1.807) is 29.2 Å². The number of nitrogens with one attached hydrogen (secondary N) is 1. The van der Waals surface area contributed by atoms with E-state index in [4.69, 9.17) is 11.6 Å². The number of rotatable bonds is 5. The number of anilines is 2. The summed E-state index contributed by atoms with van der Waals surface area (Å²) in [4.78, 5) is 30.0. The van der Waals surface area contributed by atoms with Gasteiger partial charge in [0.15, 0.2) is 0 Å². The first-order valence-electron chi connectivity index (χ1n) is 11.1. The van der Waals surface area contributed by atoms with Crippen molar-refractivity contribution in [1.29, 1.82) is 0 Å². The Morgan fingerprint density at radius 2 is 1.76 bits per heavy atom. The number of hydrogen-bond donors (Lipinski definition) is 1. The third-order valence-corrected chi connectivity index (χ3v) is 6.40. The van der Waals surface area contributed by atoms with Gasteiger partial charge in [0.05, 0.1) is 22.0 Å². The summed E-state index contributed by atoms with van der Waals surface area (Å²) < 4.78 is 0. The fourth-order valence-electron chi connectivity index (χ4n) is 4.09. The Morgan fingerprint density at radius 1 is 0.970 bits per heavy atom. The van der Waals surface area contributed by atoms with Gasteiger partial charge in [0.2, 0.25) is 0 Å². The van der Waals surface area contributed by atoms with Gasteiger partial charge in [-0.25, -0.2) is 4.79 Å². The SMILES string of the molecule is Cc1ccc(N2CCCN(Cc3ccc(C)c(C)c3)C2=O)c(NC(=O)c2ccccc2Cl)c1. The molecule has 170 valence electrons. The van der Waals surface area contributed by atoms with E-state index in [-0.39, 0.29) is 11.9 Å². The van der Waals surface area contributed by atoms with E-state index in [0.717, 1.165) is 17.5 Å². The van der Waals surface area contributed by atoms with Crippen LogP contribution in [-0.2, 0) is 6.54 Å². The van der Waals surface area contributed by atoms with Crippen molar-refractivity contribution in [2.24, 2.45) is 0 Å². The zero-order chi connectivity index (χ0) is 23.5. The highest BCUT2D eigenvalue weighted by Gasteiger charge is 2.29. The summed E-state index contributed by atoms with van der Waals surface area (Å²) >= 11 is 6.21. The molecule has 1 heterocycles. The minimum Gasteiger partial charge on any atom is -0.320 e. The highest BCUT2D eigenvalue weighted by molar-refractivity contribution is 6.34. The summed E-state index contributed by atoms with van der Waals surface area (Å²) in [6.45, 7) is 7.99. The lowest BCUT2D eigenvalue weighted by Crippen LogP contribution is -2.49. The fraction of sp³-hybridized carbons (Fsp3) is 0.259. The van der Waals surface area contributed by atoms with Gasteiger partial charge in [-0.2, -0.15) is 0 Å². The smallest absolute Gasteiger partial charge is 0.320 e. The lowest BCUT2D eigenvalue weighted by molar-refractivity contribution is 0.102. The lowest BCUT2D eigenvalue weighted by Gasteiger charge is -2.36. The molecule has 0 unspecified atom stereocenters. The van der Waals surface area contributed by atoms with Crippen LogP contribution in [0.25, 0.3) is 0 Å². The molecule has 1 saturated heterocycles. The first kappa shape index (κ1) is 22.9.